The normalized spacial score (nSPS) is 18.9. The molecule has 0 aromatic heterocycles. The van der Waals surface area contributed by atoms with Crippen LogP contribution in [0.5, 0.6) is 0 Å². The SMILES string of the molecule is O=C1CCC(N2Cc3cc(CCC(=O)c4ccc(Cl)cc4)ccc3C2=O)C(=O)C1. The summed E-state index contributed by atoms with van der Waals surface area (Å²) in [5, 5.41) is 0.593. The van der Waals surface area contributed by atoms with Crippen LogP contribution < -0.4 is 0 Å². The molecule has 0 bridgehead atoms. The number of nitrogens with zero attached hydrogens (tertiary/aromatic N) is 1. The molecule has 5 nitrogen and oxygen atoms in total. The van der Waals surface area contributed by atoms with Crippen molar-refractivity contribution in [3.63, 3.8) is 0 Å². The van der Waals surface area contributed by atoms with E-state index in [0.717, 1.165) is 11.1 Å². The van der Waals surface area contributed by atoms with Crippen molar-refractivity contribution in [2.24, 2.45) is 0 Å². The van der Waals surface area contributed by atoms with Gasteiger partial charge in [-0.3, -0.25) is 19.2 Å². The van der Waals surface area contributed by atoms with Gasteiger partial charge in [0.2, 0.25) is 0 Å². The molecule has 1 fully saturated rings. The molecule has 2 aromatic carbocycles. The van der Waals surface area contributed by atoms with Crippen LogP contribution in [0, 0.1) is 0 Å². The van der Waals surface area contributed by atoms with Gasteiger partial charge < -0.3 is 4.90 Å². The highest BCUT2D eigenvalue weighted by molar-refractivity contribution is 6.30. The largest absolute Gasteiger partial charge is 0.324 e. The molecule has 1 unspecified atom stereocenters. The Hall–Kier alpha value is -2.79. The monoisotopic (exact) mass is 409 g/mol. The van der Waals surface area contributed by atoms with E-state index in [1.807, 2.05) is 12.1 Å². The first-order valence-electron chi connectivity index (χ1n) is 9.68. The number of carbonyl (C=O) groups excluding carboxylic acids is 4. The summed E-state index contributed by atoms with van der Waals surface area (Å²) in [5.74, 6) is -0.340. The summed E-state index contributed by atoms with van der Waals surface area (Å²) in [5.41, 5.74) is 3.08. The molecule has 2 aliphatic rings. The number of fused-ring (bicyclic) bond motifs is 1. The van der Waals surface area contributed by atoms with Crippen molar-refractivity contribution < 1.29 is 19.2 Å². The Kier molecular flexibility index (Phi) is 5.33. The predicted molar refractivity (Wildman–Crippen MR) is 108 cm³/mol. The second kappa shape index (κ2) is 7.91. The molecule has 1 amide bonds. The number of amides is 1. The van der Waals surface area contributed by atoms with Crippen LogP contribution in [-0.4, -0.2) is 34.2 Å². The predicted octanol–water partition coefficient (Wildman–Crippen LogP) is 3.80. The van der Waals surface area contributed by atoms with Crippen LogP contribution in [-0.2, 0) is 22.6 Å². The number of rotatable bonds is 5. The first-order valence-corrected chi connectivity index (χ1v) is 10.1. The topological polar surface area (TPSA) is 71.5 Å². The first-order chi connectivity index (χ1) is 13.9. The van der Waals surface area contributed by atoms with Crippen LogP contribution in [0.3, 0.4) is 0 Å². The van der Waals surface area contributed by atoms with Crippen LogP contribution >= 0.6 is 11.6 Å². The molecule has 6 heteroatoms. The van der Waals surface area contributed by atoms with Gasteiger partial charge in [0.15, 0.2) is 11.6 Å². The molecule has 2 aromatic rings. The summed E-state index contributed by atoms with van der Waals surface area (Å²) in [7, 11) is 0. The van der Waals surface area contributed by atoms with Crippen molar-refractivity contribution >= 4 is 34.9 Å². The molecule has 4 rings (SSSR count). The molecular formula is C23H20ClNO4. The summed E-state index contributed by atoms with van der Waals surface area (Å²) >= 11 is 5.86. The maximum absolute atomic E-state index is 12.7. The quantitative estimate of drug-likeness (QED) is 0.556. The van der Waals surface area contributed by atoms with Gasteiger partial charge in [0.25, 0.3) is 5.91 Å². The number of halogens is 1. The van der Waals surface area contributed by atoms with E-state index in [2.05, 4.69) is 0 Å². The Balaban J connectivity index is 1.43. The molecule has 1 heterocycles. The Labute approximate surface area is 173 Å². The minimum Gasteiger partial charge on any atom is -0.324 e. The number of hydrogen-bond acceptors (Lipinski definition) is 4. The summed E-state index contributed by atoms with van der Waals surface area (Å²) in [6.45, 7) is 0.373. The van der Waals surface area contributed by atoms with Gasteiger partial charge in [-0.25, -0.2) is 0 Å². The molecule has 1 aliphatic heterocycles. The standard InChI is InChI=1S/C23H20ClNO4/c24-17-5-3-15(4-6-17)21(27)10-2-14-1-8-19-16(11-14)13-25(23(19)29)20-9-7-18(26)12-22(20)28/h1,3-6,8,11,20H,2,7,9-10,12-13H2. The van der Waals surface area contributed by atoms with E-state index < -0.39 is 6.04 Å². The number of benzene rings is 2. The van der Waals surface area contributed by atoms with E-state index in [1.165, 1.54) is 0 Å². The smallest absolute Gasteiger partial charge is 0.255 e. The first kappa shape index (κ1) is 19.5. The van der Waals surface area contributed by atoms with Crippen molar-refractivity contribution in [1.82, 2.24) is 4.90 Å². The summed E-state index contributed by atoms with van der Waals surface area (Å²) < 4.78 is 0. The van der Waals surface area contributed by atoms with E-state index in [1.54, 1.807) is 35.2 Å². The lowest BCUT2D eigenvalue weighted by atomic mass is 9.92. The van der Waals surface area contributed by atoms with E-state index >= 15 is 0 Å². The van der Waals surface area contributed by atoms with E-state index in [4.69, 9.17) is 11.6 Å². The van der Waals surface area contributed by atoms with Crippen molar-refractivity contribution in [1.29, 1.82) is 0 Å². The molecule has 1 aliphatic carbocycles. The summed E-state index contributed by atoms with van der Waals surface area (Å²) in [6, 6.07) is 11.9. The number of ketones is 3. The zero-order valence-corrected chi connectivity index (χ0v) is 16.6. The van der Waals surface area contributed by atoms with Gasteiger partial charge in [-0.1, -0.05) is 23.7 Å². The van der Waals surface area contributed by atoms with Crippen LogP contribution in [0.2, 0.25) is 5.02 Å². The highest BCUT2D eigenvalue weighted by atomic mass is 35.5. The fourth-order valence-corrected chi connectivity index (χ4v) is 4.16. The van der Waals surface area contributed by atoms with E-state index in [0.29, 0.717) is 48.4 Å². The number of aryl methyl sites for hydroxylation is 1. The average molecular weight is 410 g/mol. The number of Topliss-reactive ketones (excluding diaryl/α,β-unsaturated/α-hetero) is 3. The molecule has 29 heavy (non-hydrogen) atoms. The fraction of sp³-hybridized carbons (Fsp3) is 0.304. The molecule has 0 spiro atoms. The van der Waals surface area contributed by atoms with Gasteiger partial charge in [0.1, 0.15) is 5.78 Å². The van der Waals surface area contributed by atoms with Gasteiger partial charge in [0, 0.05) is 35.5 Å². The molecule has 0 radical (unpaired) electrons. The van der Waals surface area contributed by atoms with Crippen LogP contribution in [0.15, 0.2) is 42.5 Å². The van der Waals surface area contributed by atoms with E-state index in [-0.39, 0.29) is 29.7 Å². The minimum atomic E-state index is -0.512. The van der Waals surface area contributed by atoms with Crippen LogP contribution in [0.25, 0.3) is 0 Å². The summed E-state index contributed by atoms with van der Waals surface area (Å²) in [4.78, 5) is 50.4. The second-order valence-electron chi connectivity index (χ2n) is 7.59. The second-order valence-corrected chi connectivity index (χ2v) is 8.03. The Morgan fingerprint density at radius 3 is 2.55 bits per heavy atom. The fourth-order valence-electron chi connectivity index (χ4n) is 4.03. The van der Waals surface area contributed by atoms with Crippen molar-refractivity contribution in [3.05, 3.63) is 69.7 Å². The van der Waals surface area contributed by atoms with Gasteiger partial charge in [0.05, 0.1) is 12.5 Å². The lowest BCUT2D eigenvalue weighted by Gasteiger charge is -2.29. The van der Waals surface area contributed by atoms with Crippen molar-refractivity contribution in [2.45, 2.75) is 44.7 Å². The summed E-state index contributed by atoms with van der Waals surface area (Å²) in [6.07, 6.45) is 1.60. The van der Waals surface area contributed by atoms with Crippen molar-refractivity contribution in [2.75, 3.05) is 0 Å². The third kappa shape index (κ3) is 4.01. The lowest BCUT2D eigenvalue weighted by Crippen LogP contribution is -2.44. The van der Waals surface area contributed by atoms with Crippen molar-refractivity contribution in [3.8, 4) is 0 Å². The zero-order valence-electron chi connectivity index (χ0n) is 15.8. The average Bonchev–Trinajstić information content (AvgIpc) is 3.02. The number of hydrogen-bond donors (Lipinski definition) is 0. The number of carbonyl (C=O) groups is 4. The van der Waals surface area contributed by atoms with Crippen LogP contribution in [0.1, 0.15) is 57.5 Å². The third-order valence-corrected chi connectivity index (χ3v) is 5.88. The van der Waals surface area contributed by atoms with E-state index in [9.17, 15) is 19.2 Å². The molecule has 0 saturated heterocycles. The molecule has 0 N–H and O–H groups in total. The Morgan fingerprint density at radius 1 is 1.07 bits per heavy atom. The highest BCUT2D eigenvalue weighted by Gasteiger charge is 2.38. The lowest BCUT2D eigenvalue weighted by molar-refractivity contribution is -0.133. The van der Waals surface area contributed by atoms with Gasteiger partial charge in [-0.15, -0.1) is 0 Å². The third-order valence-electron chi connectivity index (χ3n) is 5.62. The van der Waals surface area contributed by atoms with Gasteiger partial charge in [-0.2, -0.15) is 0 Å². The van der Waals surface area contributed by atoms with Gasteiger partial charge in [-0.05, 0) is 54.3 Å². The van der Waals surface area contributed by atoms with Crippen LogP contribution in [0.4, 0.5) is 0 Å². The maximum Gasteiger partial charge on any atom is 0.255 e. The molecular weight excluding hydrogens is 390 g/mol. The van der Waals surface area contributed by atoms with Gasteiger partial charge >= 0.3 is 0 Å². The molecule has 1 saturated carbocycles. The Morgan fingerprint density at radius 2 is 1.83 bits per heavy atom. The zero-order chi connectivity index (χ0) is 20.5. The molecule has 148 valence electrons. The highest BCUT2D eigenvalue weighted by Crippen LogP contribution is 2.30. The molecule has 1 atom stereocenters. The minimum absolute atomic E-state index is 0.0392. The Bertz CT molecular complexity index is 1010. The maximum atomic E-state index is 12.7.